The summed E-state index contributed by atoms with van der Waals surface area (Å²) in [5.41, 5.74) is 6.86. The van der Waals surface area contributed by atoms with Crippen LogP contribution in [0.2, 0.25) is 5.02 Å². The number of rotatable bonds is 8. The minimum Gasteiger partial charge on any atom is -0.479 e. The summed E-state index contributed by atoms with van der Waals surface area (Å²) in [6.07, 6.45) is -0.972. The molecule has 2 atom stereocenters. The fourth-order valence-electron chi connectivity index (χ4n) is 4.80. The van der Waals surface area contributed by atoms with Crippen LogP contribution in [0.1, 0.15) is 79.0 Å². The van der Waals surface area contributed by atoms with Gasteiger partial charge in [0.1, 0.15) is 5.75 Å². The highest BCUT2D eigenvalue weighted by atomic mass is 35.5. The van der Waals surface area contributed by atoms with Gasteiger partial charge in [-0.25, -0.2) is 4.79 Å². The predicted octanol–water partition coefficient (Wildman–Crippen LogP) is 7.60. The Morgan fingerprint density at radius 1 is 1.02 bits per heavy atom. The number of aliphatic carboxylic acids is 1. The van der Waals surface area contributed by atoms with E-state index in [-0.39, 0.29) is 17.4 Å². The highest BCUT2D eigenvalue weighted by Crippen LogP contribution is 2.31. The molecule has 210 valence electrons. The van der Waals surface area contributed by atoms with Gasteiger partial charge in [0.25, 0.3) is 5.91 Å². The Morgan fingerprint density at radius 2 is 1.75 bits per heavy atom. The molecule has 0 aliphatic heterocycles. The van der Waals surface area contributed by atoms with Crippen molar-refractivity contribution in [1.29, 1.82) is 0 Å². The number of carbonyl (C=O) groups is 2. The van der Waals surface area contributed by atoms with Crippen LogP contribution < -0.4 is 10.1 Å². The Kier molecular flexibility index (Phi) is 8.31. The molecule has 2 N–H and O–H groups in total. The Balaban J connectivity index is 1.59. The minimum atomic E-state index is -1.04. The monoisotopic (exact) mass is 560 g/mol. The molecule has 0 bridgehead atoms. The number of benzene rings is 3. The first-order chi connectivity index (χ1) is 18.8. The lowest BCUT2D eigenvalue weighted by Gasteiger charge is -2.22. The molecule has 2 unspecified atom stereocenters. The first-order valence-corrected chi connectivity index (χ1v) is 13.8. The molecule has 0 radical (unpaired) electrons. The Morgan fingerprint density at radius 3 is 2.42 bits per heavy atom. The normalized spacial score (nSPS) is 13.2. The molecule has 0 aliphatic rings. The van der Waals surface area contributed by atoms with Crippen LogP contribution in [0, 0.1) is 13.8 Å². The van der Waals surface area contributed by atoms with Crippen LogP contribution in [0.3, 0.4) is 0 Å². The molecular weight excluding hydrogens is 524 g/mol. The summed E-state index contributed by atoms with van der Waals surface area (Å²) in [6, 6.07) is 19.2. The van der Waals surface area contributed by atoms with Crippen molar-refractivity contribution in [3.8, 4) is 5.75 Å². The second-order valence-corrected chi connectivity index (χ2v) is 11.9. The van der Waals surface area contributed by atoms with Crippen molar-refractivity contribution in [2.75, 3.05) is 0 Å². The molecule has 0 aliphatic carbocycles. The maximum Gasteiger partial charge on any atom is 0.344 e. The van der Waals surface area contributed by atoms with Crippen LogP contribution in [0.25, 0.3) is 10.9 Å². The van der Waals surface area contributed by atoms with Crippen LogP contribution in [-0.2, 0) is 16.8 Å². The first kappa shape index (κ1) is 29.2. The molecule has 1 aromatic heterocycles. The minimum absolute atomic E-state index is 0.0305. The summed E-state index contributed by atoms with van der Waals surface area (Å²) in [7, 11) is 0. The van der Waals surface area contributed by atoms with Gasteiger partial charge in [-0.1, -0.05) is 56.6 Å². The van der Waals surface area contributed by atoms with Gasteiger partial charge in [-0.15, -0.1) is 0 Å². The van der Waals surface area contributed by atoms with Gasteiger partial charge in [0, 0.05) is 33.7 Å². The third kappa shape index (κ3) is 6.18. The molecule has 4 rings (SSSR count). The summed E-state index contributed by atoms with van der Waals surface area (Å²) >= 11 is 6.52. The lowest BCUT2D eigenvalue weighted by molar-refractivity contribution is -0.144. The number of aromatic nitrogens is 1. The van der Waals surface area contributed by atoms with Gasteiger partial charge < -0.3 is 19.7 Å². The summed E-state index contributed by atoms with van der Waals surface area (Å²) < 4.78 is 7.70. The maximum atomic E-state index is 13.3. The van der Waals surface area contributed by atoms with Crippen molar-refractivity contribution in [2.24, 2.45) is 0 Å². The molecule has 7 heteroatoms. The third-order valence-corrected chi connectivity index (χ3v) is 7.88. The van der Waals surface area contributed by atoms with Gasteiger partial charge in [0.2, 0.25) is 0 Å². The predicted molar refractivity (Wildman–Crippen MR) is 161 cm³/mol. The van der Waals surface area contributed by atoms with E-state index in [4.69, 9.17) is 16.3 Å². The van der Waals surface area contributed by atoms with E-state index in [1.54, 1.807) is 18.2 Å². The Bertz CT molecular complexity index is 1580. The Labute approximate surface area is 240 Å². The average Bonchev–Trinajstić information content (AvgIpc) is 3.14. The van der Waals surface area contributed by atoms with Crippen molar-refractivity contribution < 1.29 is 19.4 Å². The van der Waals surface area contributed by atoms with E-state index < -0.39 is 12.1 Å². The third-order valence-electron chi connectivity index (χ3n) is 7.51. The lowest BCUT2D eigenvalue weighted by atomic mass is 9.85. The number of carboxylic acid groups (broad SMARTS) is 1. The summed E-state index contributed by atoms with van der Waals surface area (Å²) in [4.78, 5) is 24.5. The van der Waals surface area contributed by atoms with Crippen molar-refractivity contribution >= 4 is 34.4 Å². The average molecular weight is 561 g/mol. The lowest BCUT2D eigenvalue weighted by Crippen LogP contribution is -2.27. The fourth-order valence-corrected chi connectivity index (χ4v) is 4.98. The quantitative estimate of drug-likeness (QED) is 0.232. The van der Waals surface area contributed by atoms with E-state index in [0.29, 0.717) is 22.9 Å². The number of ether oxygens (including phenoxy) is 1. The molecule has 0 spiro atoms. The van der Waals surface area contributed by atoms with Gasteiger partial charge in [0.15, 0.2) is 6.10 Å². The van der Waals surface area contributed by atoms with Crippen molar-refractivity contribution in [2.45, 2.75) is 72.6 Å². The van der Waals surface area contributed by atoms with Crippen LogP contribution >= 0.6 is 11.6 Å². The van der Waals surface area contributed by atoms with Crippen molar-refractivity contribution in [3.05, 3.63) is 99.2 Å². The van der Waals surface area contributed by atoms with Crippen molar-refractivity contribution in [1.82, 2.24) is 9.88 Å². The van der Waals surface area contributed by atoms with E-state index in [9.17, 15) is 14.7 Å². The second kappa shape index (κ2) is 11.4. The number of nitrogens with one attached hydrogen (secondary N) is 1. The van der Waals surface area contributed by atoms with Crippen LogP contribution in [0.15, 0.2) is 60.7 Å². The number of nitrogens with zero attached hydrogens (tertiary/aromatic N) is 1. The van der Waals surface area contributed by atoms with Crippen LogP contribution in [-0.4, -0.2) is 27.7 Å². The number of carboxylic acids is 1. The van der Waals surface area contributed by atoms with E-state index in [0.717, 1.165) is 33.3 Å². The fraction of sp³-hybridized carbons (Fsp3) is 0.333. The number of halogens is 1. The number of hydrogen-bond acceptors (Lipinski definition) is 3. The number of fused-ring (bicyclic) bond motifs is 1. The zero-order valence-electron chi connectivity index (χ0n) is 24.1. The topological polar surface area (TPSA) is 80.6 Å². The molecular formula is C33H37ClN2O4. The Hall–Kier alpha value is -3.77. The van der Waals surface area contributed by atoms with Gasteiger partial charge >= 0.3 is 5.97 Å². The summed E-state index contributed by atoms with van der Waals surface area (Å²) in [5, 5.41) is 13.9. The van der Waals surface area contributed by atoms with Gasteiger partial charge in [-0.3, -0.25) is 4.79 Å². The van der Waals surface area contributed by atoms with E-state index in [1.165, 1.54) is 12.5 Å². The summed E-state index contributed by atoms with van der Waals surface area (Å²) in [5.74, 6) is -0.714. The molecule has 6 nitrogen and oxygen atoms in total. The molecule has 0 saturated heterocycles. The molecule has 0 fully saturated rings. The highest BCUT2D eigenvalue weighted by Gasteiger charge is 2.19. The smallest absolute Gasteiger partial charge is 0.344 e. The first-order valence-electron chi connectivity index (χ1n) is 13.4. The second-order valence-electron chi connectivity index (χ2n) is 11.5. The SMILES string of the molecule is Cc1c(C)n(Cc2cc(OC(C)C(=O)O)ccc2Cl)c2ccc(C(=O)NC(C)c3cccc(C(C)(C)C)c3)cc12. The van der Waals surface area contributed by atoms with Gasteiger partial charge in [-0.2, -0.15) is 0 Å². The molecule has 1 amide bonds. The molecule has 4 aromatic rings. The van der Waals surface area contributed by atoms with Crippen molar-refractivity contribution in [3.63, 3.8) is 0 Å². The molecule has 3 aromatic carbocycles. The van der Waals surface area contributed by atoms with E-state index in [1.807, 2.05) is 51.1 Å². The standard InChI is InChI=1S/C33H37ClN2O4/c1-19-21(3)36(18-25-16-27(12-13-29(25)34)40-22(4)32(38)39)30-14-11-24(17-28(19)30)31(37)35-20(2)23-9-8-10-26(15-23)33(5,6)7/h8-17,20,22H,18H2,1-7H3,(H,35,37)(H,38,39). The molecule has 40 heavy (non-hydrogen) atoms. The number of amides is 1. The largest absolute Gasteiger partial charge is 0.479 e. The molecule has 0 saturated carbocycles. The zero-order chi connectivity index (χ0) is 29.4. The maximum absolute atomic E-state index is 13.3. The molecule has 1 heterocycles. The zero-order valence-corrected chi connectivity index (χ0v) is 24.9. The summed E-state index contributed by atoms with van der Waals surface area (Å²) in [6.45, 7) is 14.6. The number of hydrogen-bond donors (Lipinski definition) is 2. The number of carbonyl (C=O) groups excluding carboxylic acids is 1. The van der Waals surface area contributed by atoms with Crippen LogP contribution in [0.5, 0.6) is 5.75 Å². The van der Waals surface area contributed by atoms with Crippen LogP contribution in [0.4, 0.5) is 0 Å². The highest BCUT2D eigenvalue weighted by molar-refractivity contribution is 6.31. The van der Waals surface area contributed by atoms with Gasteiger partial charge in [0.05, 0.1) is 6.04 Å². The van der Waals surface area contributed by atoms with E-state index in [2.05, 4.69) is 42.8 Å². The number of aryl methyl sites for hydroxylation is 1. The van der Waals surface area contributed by atoms with E-state index >= 15 is 0 Å². The van der Waals surface area contributed by atoms with Gasteiger partial charge in [-0.05, 0) is 91.8 Å².